The highest BCUT2D eigenvalue weighted by atomic mass is 19.4. The van der Waals surface area contributed by atoms with E-state index >= 15 is 0 Å². The van der Waals surface area contributed by atoms with E-state index < -0.39 is 11.7 Å². The topological polar surface area (TPSA) is 51.0 Å². The molecule has 0 spiro atoms. The Kier molecular flexibility index (Phi) is 2.22. The summed E-state index contributed by atoms with van der Waals surface area (Å²) >= 11 is 0. The van der Waals surface area contributed by atoms with Crippen LogP contribution in [0.2, 0.25) is 0 Å². The van der Waals surface area contributed by atoms with Crippen molar-refractivity contribution in [3.8, 4) is 0 Å². The second-order valence-corrected chi connectivity index (χ2v) is 3.73. The molecular formula is C8H10F3N3O. The van der Waals surface area contributed by atoms with Crippen LogP contribution in [0, 0.1) is 6.92 Å². The summed E-state index contributed by atoms with van der Waals surface area (Å²) in [5.74, 6) is 0. The Bertz CT molecular complexity index is 356. The molecule has 7 heteroatoms. The lowest BCUT2D eigenvalue weighted by Gasteiger charge is -2.19. The molecule has 0 atom stereocenters. The van der Waals surface area contributed by atoms with E-state index in [0.29, 0.717) is 11.4 Å². The summed E-state index contributed by atoms with van der Waals surface area (Å²) in [6.45, 7) is 1.68. The van der Waals surface area contributed by atoms with Gasteiger partial charge in [0.15, 0.2) is 0 Å². The van der Waals surface area contributed by atoms with Gasteiger partial charge in [-0.3, -0.25) is 5.32 Å². The van der Waals surface area contributed by atoms with E-state index in [-0.39, 0.29) is 19.4 Å². The quantitative estimate of drug-likeness (QED) is 0.841. The highest BCUT2D eigenvalue weighted by Gasteiger charge is 2.63. The van der Waals surface area contributed by atoms with Gasteiger partial charge >= 0.3 is 6.18 Å². The second-order valence-electron chi connectivity index (χ2n) is 3.73. The molecule has 0 aromatic carbocycles. The molecule has 0 radical (unpaired) electrons. The molecule has 4 nitrogen and oxygen atoms in total. The number of alkyl halides is 3. The predicted molar refractivity (Wildman–Crippen MR) is 43.9 cm³/mol. The van der Waals surface area contributed by atoms with E-state index in [0.717, 1.165) is 0 Å². The Morgan fingerprint density at radius 3 is 2.47 bits per heavy atom. The van der Waals surface area contributed by atoms with Crippen LogP contribution in [0.4, 0.5) is 13.2 Å². The first kappa shape index (κ1) is 10.4. The highest BCUT2D eigenvalue weighted by molar-refractivity contribution is 5.11. The Balaban J connectivity index is 1.97. The molecule has 1 aromatic rings. The molecule has 0 amide bonds. The van der Waals surface area contributed by atoms with Gasteiger partial charge in [0.25, 0.3) is 0 Å². The zero-order valence-electron chi connectivity index (χ0n) is 8.06. The first-order valence-corrected chi connectivity index (χ1v) is 4.54. The van der Waals surface area contributed by atoms with Crippen LogP contribution < -0.4 is 5.32 Å². The van der Waals surface area contributed by atoms with Gasteiger partial charge < -0.3 is 0 Å². The van der Waals surface area contributed by atoms with Crippen LogP contribution >= 0.6 is 0 Å². The molecule has 0 saturated heterocycles. The van der Waals surface area contributed by atoms with Crippen LogP contribution in [0.3, 0.4) is 0 Å². The number of nitrogens with one attached hydrogen (secondary N) is 1. The molecule has 0 unspecified atom stereocenters. The monoisotopic (exact) mass is 221 g/mol. The molecule has 1 N–H and O–H groups in total. The minimum Gasteiger partial charge on any atom is -0.298 e. The maximum Gasteiger partial charge on any atom is 0.406 e. The summed E-state index contributed by atoms with van der Waals surface area (Å²) in [6, 6.07) is 0. The van der Waals surface area contributed by atoms with Crippen molar-refractivity contribution in [1.82, 2.24) is 15.6 Å². The standard InChI is InChI=1S/C8H10F3N3O/c1-5-6(14-15-13-5)4-12-7(2-3-7)8(9,10)11/h12H,2-4H2,1H3. The molecule has 0 bridgehead atoms. The third-order valence-corrected chi connectivity index (χ3v) is 2.63. The van der Waals surface area contributed by atoms with Crippen molar-refractivity contribution in [2.24, 2.45) is 0 Å². The van der Waals surface area contributed by atoms with Crippen molar-refractivity contribution >= 4 is 0 Å². The summed E-state index contributed by atoms with van der Waals surface area (Å²) in [5.41, 5.74) is -0.774. The molecule has 1 aliphatic carbocycles. The smallest absolute Gasteiger partial charge is 0.298 e. The van der Waals surface area contributed by atoms with E-state index in [1.807, 2.05) is 0 Å². The molecule has 84 valence electrons. The second kappa shape index (κ2) is 3.19. The van der Waals surface area contributed by atoms with Gasteiger partial charge in [0, 0.05) is 6.54 Å². The van der Waals surface area contributed by atoms with Crippen LogP contribution in [0.1, 0.15) is 24.2 Å². The molecule has 0 aliphatic heterocycles. The molecule has 1 saturated carbocycles. The van der Waals surface area contributed by atoms with Gasteiger partial charge in [-0.05, 0) is 19.8 Å². The van der Waals surface area contributed by atoms with E-state index in [1.54, 1.807) is 6.92 Å². The maximum atomic E-state index is 12.5. The van der Waals surface area contributed by atoms with Crippen LogP contribution in [-0.4, -0.2) is 22.0 Å². The number of hydrogen-bond acceptors (Lipinski definition) is 4. The number of nitrogens with zero attached hydrogens (tertiary/aromatic N) is 2. The average Bonchev–Trinajstić information content (AvgIpc) is 2.82. The largest absolute Gasteiger partial charge is 0.406 e. The van der Waals surface area contributed by atoms with E-state index in [9.17, 15) is 13.2 Å². The van der Waals surface area contributed by atoms with E-state index in [2.05, 4.69) is 20.3 Å². The van der Waals surface area contributed by atoms with E-state index in [1.165, 1.54) is 0 Å². The van der Waals surface area contributed by atoms with Gasteiger partial charge in [-0.2, -0.15) is 13.2 Å². The van der Waals surface area contributed by atoms with Gasteiger partial charge in [0.2, 0.25) is 0 Å². The minimum atomic E-state index is -4.20. The normalized spacial score (nSPS) is 19.2. The summed E-state index contributed by atoms with van der Waals surface area (Å²) in [4.78, 5) is 0. The van der Waals surface area contributed by atoms with Crippen molar-refractivity contribution in [3.63, 3.8) is 0 Å². The third kappa shape index (κ3) is 1.83. The van der Waals surface area contributed by atoms with E-state index in [4.69, 9.17) is 0 Å². The van der Waals surface area contributed by atoms with Crippen molar-refractivity contribution in [2.75, 3.05) is 0 Å². The molecule has 1 heterocycles. The van der Waals surface area contributed by atoms with Crippen molar-refractivity contribution in [2.45, 2.75) is 38.0 Å². The number of halogens is 3. The number of rotatable bonds is 3. The Hall–Kier alpha value is -1.11. The summed E-state index contributed by atoms with van der Waals surface area (Å²) in [7, 11) is 0. The molecule has 1 fully saturated rings. The Labute approximate surface area is 83.8 Å². The van der Waals surface area contributed by atoms with Crippen molar-refractivity contribution in [1.29, 1.82) is 0 Å². The summed E-state index contributed by atoms with van der Waals surface area (Å²) in [5, 5.41) is 9.47. The van der Waals surface area contributed by atoms with Crippen LogP contribution in [0.5, 0.6) is 0 Å². The van der Waals surface area contributed by atoms with Gasteiger partial charge in [0.05, 0.1) is 0 Å². The minimum absolute atomic E-state index is 0.0366. The Morgan fingerprint density at radius 1 is 1.40 bits per heavy atom. The lowest BCUT2D eigenvalue weighted by molar-refractivity contribution is -0.166. The van der Waals surface area contributed by atoms with Crippen molar-refractivity contribution in [3.05, 3.63) is 11.4 Å². The lowest BCUT2D eigenvalue weighted by Crippen LogP contribution is -2.44. The van der Waals surface area contributed by atoms with Gasteiger partial charge in [0.1, 0.15) is 16.9 Å². The first-order chi connectivity index (χ1) is 6.95. The fourth-order valence-electron chi connectivity index (χ4n) is 1.35. The lowest BCUT2D eigenvalue weighted by atomic mass is 10.2. The average molecular weight is 221 g/mol. The number of aryl methyl sites for hydroxylation is 1. The molecular weight excluding hydrogens is 211 g/mol. The SMILES string of the molecule is Cc1nonc1CNC1(C(F)(F)F)CC1. The van der Waals surface area contributed by atoms with Crippen molar-refractivity contribution < 1.29 is 17.8 Å². The van der Waals surface area contributed by atoms with Crippen LogP contribution in [0.15, 0.2) is 4.63 Å². The zero-order valence-corrected chi connectivity index (χ0v) is 8.06. The zero-order chi connectivity index (χ0) is 11.1. The van der Waals surface area contributed by atoms with Gasteiger partial charge in [-0.25, -0.2) is 4.63 Å². The number of aromatic nitrogens is 2. The van der Waals surface area contributed by atoms with Crippen LogP contribution in [0.25, 0.3) is 0 Å². The van der Waals surface area contributed by atoms with Gasteiger partial charge in [-0.1, -0.05) is 10.3 Å². The fraction of sp³-hybridized carbons (Fsp3) is 0.750. The first-order valence-electron chi connectivity index (χ1n) is 4.54. The maximum absolute atomic E-state index is 12.5. The fourth-order valence-corrected chi connectivity index (χ4v) is 1.35. The summed E-state index contributed by atoms with van der Waals surface area (Å²) < 4.78 is 41.9. The predicted octanol–water partition coefficient (Wildman–Crippen LogP) is 1.56. The molecule has 15 heavy (non-hydrogen) atoms. The summed E-state index contributed by atoms with van der Waals surface area (Å²) in [6.07, 6.45) is -3.94. The molecule has 2 rings (SSSR count). The number of hydrogen-bond donors (Lipinski definition) is 1. The third-order valence-electron chi connectivity index (χ3n) is 2.63. The molecule has 1 aliphatic rings. The van der Waals surface area contributed by atoms with Gasteiger partial charge in [-0.15, -0.1) is 0 Å². The highest BCUT2D eigenvalue weighted by Crippen LogP contribution is 2.49. The Morgan fingerprint density at radius 2 is 2.07 bits per heavy atom. The molecule has 1 aromatic heterocycles. The van der Waals surface area contributed by atoms with Crippen LogP contribution in [-0.2, 0) is 6.54 Å².